The lowest BCUT2D eigenvalue weighted by molar-refractivity contribution is -0.137. The van der Waals surface area contributed by atoms with Gasteiger partial charge in [-0.3, -0.25) is 9.59 Å². The molecule has 2 amide bonds. The third kappa shape index (κ3) is 6.16. The zero-order valence-electron chi connectivity index (χ0n) is 19.9. The van der Waals surface area contributed by atoms with E-state index in [1.807, 2.05) is 31.2 Å². The fraction of sp³-hybridized carbons (Fsp3) is 0.444. The molecule has 1 atom stereocenters. The number of hydrogen-bond donors (Lipinski definition) is 3. The van der Waals surface area contributed by atoms with Crippen LogP contribution in [0.2, 0.25) is 0 Å². The van der Waals surface area contributed by atoms with Gasteiger partial charge >= 0.3 is 12.1 Å². The molecule has 0 spiro atoms. The lowest BCUT2D eigenvalue weighted by Crippen LogP contribution is -2.57. The van der Waals surface area contributed by atoms with E-state index >= 15 is 0 Å². The van der Waals surface area contributed by atoms with Crippen LogP contribution in [0, 0.1) is 0 Å². The van der Waals surface area contributed by atoms with Gasteiger partial charge in [-0.2, -0.15) is 0 Å². The van der Waals surface area contributed by atoms with Crippen LogP contribution < -0.4 is 10.6 Å². The number of rotatable bonds is 12. The highest BCUT2D eigenvalue weighted by molar-refractivity contribution is 5.89. The zero-order chi connectivity index (χ0) is 24.6. The van der Waals surface area contributed by atoms with Crippen LogP contribution in [0.3, 0.4) is 0 Å². The fourth-order valence-electron chi connectivity index (χ4n) is 4.57. The minimum atomic E-state index is -1.08. The summed E-state index contributed by atoms with van der Waals surface area (Å²) in [6.07, 6.45) is 2.69. The maximum Gasteiger partial charge on any atom is 0.408 e. The summed E-state index contributed by atoms with van der Waals surface area (Å²) < 4.78 is 5.63. The molecule has 3 N–H and O–H groups in total. The molecule has 2 aromatic rings. The number of ether oxygens (including phenoxy) is 1. The highest BCUT2D eigenvalue weighted by atomic mass is 16.5. The molecule has 1 unspecified atom stereocenters. The van der Waals surface area contributed by atoms with Crippen molar-refractivity contribution in [2.45, 2.75) is 63.8 Å². The molecule has 0 saturated carbocycles. The summed E-state index contributed by atoms with van der Waals surface area (Å²) in [5, 5.41) is 14.3. The number of alkyl carbamates (subject to hydrolysis) is 1. The van der Waals surface area contributed by atoms with Crippen molar-refractivity contribution in [3.8, 4) is 11.1 Å². The monoisotopic (exact) mass is 466 g/mol. The molecular weight excluding hydrogens is 432 g/mol. The quantitative estimate of drug-likeness (QED) is 0.388. The largest absolute Gasteiger partial charge is 0.481 e. The number of aliphatic carboxylic acids is 1. The van der Waals surface area contributed by atoms with Gasteiger partial charge in [0.15, 0.2) is 0 Å². The first-order valence-electron chi connectivity index (χ1n) is 12.0. The molecule has 34 heavy (non-hydrogen) atoms. The molecule has 3 rings (SSSR count). The highest BCUT2D eigenvalue weighted by Crippen LogP contribution is 2.44. The number of hydrogen-bond acceptors (Lipinski definition) is 4. The molecule has 2 aromatic carbocycles. The Morgan fingerprint density at radius 3 is 2.18 bits per heavy atom. The van der Waals surface area contributed by atoms with Gasteiger partial charge < -0.3 is 20.5 Å². The first-order valence-corrected chi connectivity index (χ1v) is 12.0. The van der Waals surface area contributed by atoms with E-state index in [0.29, 0.717) is 32.2 Å². The summed E-state index contributed by atoms with van der Waals surface area (Å²) in [4.78, 5) is 36.2. The van der Waals surface area contributed by atoms with Crippen molar-refractivity contribution in [1.29, 1.82) is 0 Å². The molecule has 0 heterocycles. The molecule has 0 aliphatic heterocycles. The van der Waals surface area contributed by atoms with E-state index in [4.69, 9.17) is 9.84 Å². The van der Waals surface area contributed by atoms with Crippen LogP contribution in [0.4, 0.5) is 4.79 Å². The predicted molar refractivity (Wildman–Crippen MR) is 131 cm³/mol. The SMILES string of the molecule is CCCC(C)(NC(=O)OCC1c2ccccc2-c2ccccc21)C(=O)NCCCCCC(=O)O. The molecule has 0 aromatic heterocycles. The fourth-order valence-corrected chi connectivity index (χ4v) is 4.57. The van der Waals surface area contributed by atoms with E-state index in [9.17, 15) is 14.4 Å². The topological polar surface area (TPSA) is 105 Å². The zero-order valence-corrected chi connectivity index (χ0v) is 19.9. The predicted octanol–water partition coefficient (Wildman–Crippen LogP) is 4.85. The summed E-state index contributed by atoms with van der Waals surface area (Å²) in [6.45, 7) is 4.28. The van der Waals surface area contributed by atoms with Gasteiger partial charge in [0, 0.05) is 18.9 Å². The van der Waals surface area contributed by atoms with Gasteiger partial charge in [-0.25, -0.2) is 4.79 Å². The molecule has 7 nitrogen and oxygen atoms in total. The standard InChI is InChI=1S/C27H34N2O5/c1-3-16-27(2,25(32)28-17-10-4-5-15-24(30)31)29-26(33)34-18-23-21-13-8-6-11-19(21)20-12-7-9-14-22(20)23/h6-9,11-14,23H,3-5,10,15-18H2,1-2H3,(H,28,32)(H,29,33)(H,30,31). The Morgan fingerprint density at radius 2 is 1.59 bits per heavy atom. The second kappa shape index (κ2) is 11.7. The van der Waals surface area contributed by atoms with Crippen molar-refractivity contribution in [2.75, 3.05) is 13.2 Å². The second-order valence-corrected chi connectivity index (χ2v) is 8.99. The number of carbonyl (C=O) groups excluding carboxylic acids is 2. The maximum atomic E-state index is 12.8. The number of carboxylic acids is 1. The summed E-state index contributed by atoms with van der Waals surface area (Å²) in [6, 6.07) is 16.3. The smallest absolute Gasteiger partial charge is 0.408 e. The third-order valence-corrected chi connectivity index (χ3v) is 6.33. The number of carboxylic acid groups (broad SMARTS) is 1. The molecule has 1 aliphatic carbocycles. The number of carbonyl (C=O) groups is 3. The van der Waals surface area contributed by atoms with Crippen molar-refractivity contribution < 1.29 is 24.2 Å². The minimum Gasteiger partial charge on any atom is -0.481 e. The van der Waals surface area contributed by atoms with Gasteiger partial charge in [0.2, 0.25) is 5.91 Å². The Labute approximate surface area is 200 Å². The number of nitrogens with one attached hydrogen (secondary N) is 2. The molecule has 182 valence electrons. The molecular formula is C27H34N2O5. The molecule has 1 aliphatic rings. The number of fused-ring (bicyclic) bond motifs is 3. The van der Waals surface area contributed by atoms with Crippen molar-refractivity contribution in [3.63, 3.8) is 0 Å². The lowest BCUT2D eigenvalue weighted by Gasteiger charge is -2.29. The number of amides is 2. The Morgan fingerprint density at radius 1 is 0.971 bits per heavy atom. The van der Waals surface area contributed by atoms with E-state index in [1.165, 1.54) is 0 Å². The van der Waals surface area contributed by atoms with Gasteiger partial charge in [-0.05, 0) is 48.4 Å². The summed E-state index contributed by atoms with van der Waals surface area (Å²) >= 11 is 0. The summed E-state index contributed by atoms with van der Waals surface area (Å²) in [7, 11) is 0. The molecule has 0 fully saturated rings. The van der Waals surface area contributed by atoms with Crippen LogP contribution in [0.1, 0.15) is 69.4 Å². The van der Waals surface area contributed by atoms with Crippen LogP contribution in [0.25, 0.3) is 11.1 Å². The van der Waals surface area contributed by atoms with Crippen molar-refractivity contribution in [3.05, 3.63) is 59.7 Å². The van der Waals surface area contributed by atoms with Crippen LogP contribution in [0.15, 0.2) is 48.5 Å². The maximum absolute atomic E-state index is 12.8. The molecule has 0 radical (unpaired) electrons. The van der Waals surface area contributed by atoms with Crippen LogP contribution in [-0.4, -0.2) is 41.8 Å². The number of unbranched alkanes of at least 4 members (excludes halogenated alkanes) is 2. The van der Waals surface area contributed by atoms with Crippen molar-refractivity contribution in [1.82, 2.24) is 10.6 Å². The molecule has 0 bridgehead atoms. The Kier molecular flexibility index (Phi) is 8.68. The van der Waals surface area contributed by atoms with E-state index in [1.54, 1.807) is 6.92 Å². The number of benzene rings is 2. The van der Waals surface area contributed by atoms with Crippen molar-refractivity contribution >= 4 is 18.0 Å². The van der Waals surface area contributed by atoms with E-state index in [0.717, 1.165) is 28.7 Å². The Hall–Kier alpha value is -3.35. The third-order valence-electron chi connectivity index (χ3n) is 6.33. The highest BCUT2D eigenvalue weighted by Gasteiger charge is 2.35. The van der Waals surface area contributed by atoms with Crippen molar-refractivity contribution in [2.24, 2.45) is 0 Å². The van der Waals surface area contributed by atoms with Crippen LogP contribution >= 0.6 is 0 Å². The van der Waals surface area contributed by atoms with Crippen LogP contribution in [-0.2, 0) is 14.3 Å². The second-order valence-electron chi connectivity index (χ2n) is 8.99. The minimum absolute atomic E-state index is 0.0461. The first kappa shape index (κ1) is 25.3. The average molecular weight is 467 g/mol. The average Bonchev–Trinajstić information content (AvgIpc) is 3.13. The first-order chi connectivity index (χ1) is 16.4. The van der Waals surface area contributed by atoms with Gasteiger partial charge in [-0.15, -0.1) is 0 Å². The van der Waals surface area contributed by atoms with Gasteiger partial charge in [0.1, 0.15) is 12.1 Å². The molecule has 0 saturated heterocycles. The lowest BCUT2D eigenvalue weighted by atomic mass is 9.95. The van der Waals surface area contributed by atoms with E-state index in [-0.39, 0.29) is 24.9 Å². The normalized spacial score (nSPS) is 13.9. The summed E-state index contributed by atoms with van der Waals surface area (Å²) in [5.74, 6) is -1.12. The Balaban J connectivity index is 1.55. The van der Waals surface area contributed by atoms with Gasteiger partial charge in [0.25, 0.3) is 0 Å². The Bertz CT molecular complexity index is 976. The van der Waals surface area contributed by atoms with Gasteiger partial charge in [-0.1, -0.05) is 68.3 Å². The van der Waals surface area contributed by atoms with Gasteiger partial charge in [0.05, 0.1) is 0 Å². The van der Waals surface area contributed by atoms with Crippen LogP contribution in [0.5, 0.6) is 0 Å². The molecule has 7 heteroatoms. The van der Waals surface area contributed by atoms with E-state index < -0.39 is 17.6 Å². The summed E-state index contributed by atoms with van der Waals surface area (Å²) in [5.41, 5.74) is 3.50. The van der Waals surface area contributed by atoms with E-state index in [2.05, 4.69) is 34.9 Å².